The van der Waals surface area contributed by atoms with E-state index in [-0.39, 0.29) is 0 Å². The van der Waals surface area contributed by atoms with Crippen LogP contribution in [-0.4, -0.2) is 27.7 Å². The van der Waals surface area contributed by atoms with E-state index in [4.69, 9.17) is 0 Å². The van der Waals surface area contributed by atoms with Gasteiger partial charge in [0.05, 0.1) is 5.60 Å². The standard InChI is InChI=1S/C26H39NO/c1-7-10-16-25(24-15-12-11-14-20(24)4)27-21(5)17-18-23(27)19-26(6,28)22(9-3)13-8-2/h8-9,11-15,21,23,25,28H,2-3,7,10,16-19H2,1,4-6H3/b22-13+. The maximum atomic E-state index is 11.2. The average Bonchev–Trinajstić information content (AvgIpc) is 3.01. The molecule has 2 nitrogen and oxygen atoms in total. The number of aliphatic hydroxyl groups is 1. The van der Waals surface area contributed by atoms with Crippen molar-refractivity contribution in [3.63, 3.8) is 0 Å². The monoisotopic (exact) mass is 381 g/mol. The van der Waals surface area contributed by atoms with Crippen LogP contribution in [0.2, 0.25) is 0 Å². The Morgan fingerprint density at radius 3 is 2.64 bits per heavy atom. The number of likely N-dealkylation sites (tertiary alicyclic amines) is 1. The summed E-state index contributed by atoms with van der Waals surface area (Å²) in [6.45, 7) is 16.4. The lowest BCUT2D eigenvalue weighted by Gasteiger charge is -2.40. The third-order valence-electron chi connectivity index (χ3n) is 6.36. The summed E-state index contributed by atoms with van der Waals surface area (Å²) in [6, 6.07) is 10.1. The molecule has 0 amide bonds. The van der Waals surface area contributed by atoms with E-state index in [2.05, 4.69) is 63.1 Å². The molecule has 0 bridgehead atoms. The highest BCUT2D eigenvalue weighted by Crippen LogP contribution is 2.41. The van der Waals surface area contributed by atoms with Gasteiger partial charge in [0.15, 0.2) is 0 Å². The Morgan fingerprint density at radius 2 is 2.04 bits per heavy atom. The zero-order chi connectivity index (χ0) is 20.7. The molecule has 2 rings (SSSR count). The van der Waals surface area contributed by atoms with Gasteiger partial charge in [0.2, 0.25) is 0 Å². The molecule has 4 unspecified atom stereocenters. The van der Waals surface area contributed by atoms with E-state index >= 15 is 0 Å². The van der Waals surface area contributed by atoms with Crippen molar-refractivity contribution in [1.29, 1.82) is 0 Å². The van der Waals surface area contributed by atoms with E-state index in [1.807, 2.05) is 13.0 Å². The summed E-state index contributed by atoms with van der Waals surface area (Å²) in [7, 11) is 0. The Balaban J connectivity index is 2.35. The minimum Gasteiger partial charge on any atom is -0.385 e. The summed E-state index contributed by atoms with van der Waals surface area (Å²) < 4.78 is 0. The summed E-state index contributed by atoms with van der Waals surface area (Å²) in [4.78, 5) is 2.70. The van der Waals surface area contributed by atoms with E-state index in [0.717, 1.165) is 18.4 Å². The normalized spacial score (nSPS) is 24.0. The molecule has 0 saturated carbocycles. The maximum Gasteiger partial charge on any atom is 0.0883 e. The van der Waals surface area contributed by atoms with Crippen molar-refractivity contribution < 1.29 is 5.11 Å². The average molecular weight is 382 g/mol. The molecule has 1 heterocycles. The van der Waals surface area contributed by atoms with E-state index in [0.29, 0.717) is 18.1 Å². The zero-order valence-corrected chi connectivity index (χ0v) is 18.3. The smallest absolute Gasteiger partial charge is 0.0883 e. The first-order valence-electron chi connectivity index (χ1n) is 10.9. The van der Waals surface area contributed by atoms with Crippen molar-refractivity contribution in [3.05, 3.63) is 72.4 Å². The molecule has 28 heavy (non-hydrogen) atoms. The summed E-state index contributed by atoms with van der Waals surface area (Å²) in [5, 5.41) is 11.2. The molecule has 1 aliphatic heterocycles. The molecule has 1 aliphatic rings. The SMILES string of the molecule is C=C/C=C(\C=C)C(C)(O)CC1CCC(C)N1C(CCCC)c1ccccc1C. The van der Waals surface area contributed by atoms with Gasteiger partial charge in [0.25, 0.3) is 0 Å². The zero-order valence-electron chi connectivity index (χ0n) is 18.3. The lowest BCUT2D eigenvalue weighted by atomic mass is 9.86. The van der Waals surface area contributed by atoms with Crippen LogP contribution in [0, 0.1) is 6.92 Å². The van der Waals surface area contributed by atoms with E-state index in [1.54, 1.807) is 12.2 Å². The van der Waals surface area contributed by atoms with Gasteiger partial charge in [0, 0.05) is 18.1 Å². The second-order valence-electron chi connectivity index (χ2n) is 8.58. The number of hydrogen-bond donors (Lipinski definition) is 1. The number of hydrogen-bond acceptors (Lipinski definition) is 2. The molecule has 1 fully saturated rings. The van der Waals surface area contributed by atoms with Crippen LogP contribution in [-0.2, 0) is 0 Å². The van der Waals surface area contributed by atoms with Gasteiger partial charge in [0.1, 0.15) is 0 Å². The Hall–Kier alpha value is -1.64. The second-order valence-corrected chi connectivity index (χ2v) is 8.58. The van der Waals surface area contributed by atoms with Crippen LogP contribution in [0.15, 0.2) is 61.2 Å². The number of aryl methyl sites for hydroxylation is 1. The summed E-state index contributed by atoms with van der Waals surface area (Å²) in [5.41, 5.74) is 2.76. The topological polar surface area (TPSA) is 23.5 Å². The lowest BCUT2D eigenvalue weighted by Crippen LogP contribution is -2.43. The second kappa shape index (κ2) is 10.2. The minimum absolute atomic E-state index is 0.361. The molecule has 154 valence electrons. The van der Waals surface area contributed by atoms with Crippen molar-refractivity contribution in [2.45, 2.75) is 89.9 Å². The largest absolute Gasteiger partial charge is 0.385 e. The van der Waals surface area contributed by atoms with Crippen LogP contribution in [0.5, 0.6) is 0 Å². The Morgan fingerprint density at radius 1 is 1.32 bits per heavy atom. The van der Waals surface area contributed by atoms with Crippen molar-refractivity contribution in [2.75, 3.05) is 0 Å². The quantitative estimate of drug-likeness (QED) is 0.466. The van der Waals surface area contributed by atoms with Crippen LogP contribution in [0.25, 0.3) is 0 Å². The van der Waals surface area contributed by atoms with Crippen molar-refractivity contribution in [2.24, 2.45) is 0 Å². The van der Waals surface area contributed by atoms with Gasteiger partial charge in [-0.3, -0.25) is 4.90 Å². The number of rotatable bonds is 10. The first kappa shape index (κ1) is 22.6. The highest BCUT2D eigenvalue weighted by Gasteiger charge is 2.40. The number of unbranched alkanes of at least 4 members (excludes halogenated alkanes) is 1. The van der Waals surface area contributed by atoms with E-state index < -0.39 is 5.60 Å². The molecule has 1 saturated heterocycles. The summed E-state index contributed by atoms with van der Waals surface area (Å²) >= 11 is 0. The minimum atomic E-state index is -0.899. The predicted octanol–water partition coefficient (Wildman–Crippen LogP) is 6.52. The van der Waals surface area contributed by atoms with Crippen molar-refractivity contribution in [3.8, 4) is 0 Å². The van der Waals surface area contributed by atoms with Gasteiger partial charge in [-0.25, -0.2) is 0 Å². The van der Waals surface area contributed by atoms with Gasteiger partial charge in [-0.1, -0.05) is 75.4 Å². The fraction of sp³-hybridized carbons (Fsp3) is 0.538. The van der Waals surface area contributed by atoms with Gasteiger partial charge >= 0.3 is 0 Å². The lowest BCUT2D eigenvalue weighted by molar-refractivity contribution is 0.0380. The van der Waals surface area contributed by atoms with Crippen LogP contribution in [0.4, 0.5) is 0 Å². The summed E-state index contributed by atoms with van der Waals surface area (Å²) in [6.07, 6.45) is 12.0. The highest BCUT2D eigenvalue weighted by molar-refractivity contribution is 5.31. The molecule has 0 spiro atoms. The van der Waals surface area contributed by atoms with Crippen LogP contribution < -0.4 is 0 Å². The number of benzene rings is 1. The fourth-order valence-electron chi connectivity index (χ4n) is 4.86. The molecule has 2 heteroatoms. The van der Waals surface area contributed by atoms with E-state index in [1.165, 1.54) is 36.8 Å². The predicted molar refractivity (Wildman–Crippen MR) is 121 cm³/mol. The van der Waals surface area contributed by atoms with Gasteiger partial charge in [-0.15, -0.1) is 0 Å². The number of allylic oxidation sites excluding steroid dienone is 2. The first-order valence-corrected chi connectivity index (χ1v) is 10.9. The van der Waals surface area contributed by atoms with Gasteiger partial charge in [-0.2, -0.15) is 0 Å². The molecule has 4 atom stereocenters. The fourth-order valence-corrected chi connectivity index (χ4v) is 4.86. The van der Waals surface area contributed by atoms with Crippen LogP contribution >= 0.6 is 0 Å². The molecule has 0 aliphatic carbocycles. The molecule has 1 N–H and O–H groups in total. The summed E-state index contributed by atoms with van der Waals surface area (Å²) in [5.74, 6) is 0. The Bertz CT molecular complexity index is 687. The molecule has 0 radical (unpaired) electrons. The Labute approximate surface area is 172 Å². The molecule has 1 aromatic carbocycles. The van der Waals surface area contributed by atoms with Crippen molar-refractivity contribution in [1.82, 2.24) is 4.90 Å². The van der Waals surface area contributed by atoms with Gasteiger partial charge in [-0.05, 0) is 63.2 Å². The van der Waals surface area contributed by atoms with Gasteiger partial charge < -0.3 is 5.11 Å². The third kappa shape index (κ3) is 5.24. The van der Waals surface area contributed by atoms with Crippen LogP contribution in [0.1, 0.15) is 76.5 Å². The Kier molecular flexibility index (Phi) is 8.27. The first-order chi connectivity index (χ1) is 13.4. The highest BCUT2D eigenvalue weighted by atomic mass is 16.3. The molecular formula is C26H39NO. The molecular weight excluding hydrogens is 342 g/mol. The third-order valence-corrected chi connectivity index (χ3v) is 6.36. The van der Waals surface area contributed by atoms with Crippen LogP contribution in [0.3, 0.4) is 0 Å². The van der Waals surface area contributed by atoms with E-state index in [9.17, 15) is 5.11 Å². The molecule has 1 aromatic rings. The number of nitrogens with zero attached hydrogens (tertiary/aromatic N) is 1. The molecule has 0 aromatic heterocycles. The maximum absolute atomic E-state index is 11.2. The van der Waals surface area contributed by atoms with Crippen molar-refractivity contribution >= 4 is 0 Å².